The van der Waals surface area contributed by atoms with Gasteiger partial charge in [-0.25, -0.2) is 0 Å². The van der Waals surface area contributed by atoms with Crippen molar-refractivity contribution in [1.82, 2.24) is 0 Å². The van der Waals surface area contributed by atoms with Gasteiger partial charge in [-0.3, -0.25) is 0 Å². The second kappa shape index (κ2) is 5.03. The van der Waals surface area contributed by atoms with Gasteiger partial charge in [-0.15, -0.1) is 0 Å². The zero-order valence-electron chi connectivity index (χ0n) is 6.90. The number of nitrogens with one attached hydrogen (secondary N) is 1. The quantitative estimate of drug-likeness (QED) is 0.473. The number of allylic oxidation sites excluding steroid dienone is 2. The minimum atomic E-state index is 0.547. The van der Waals surface area contributed by atoms with Crippen LogP contribution in [-0.4, -0.2) is 12.3 Å². The molecule has 58 valence electrons. The Hall–Kier alpha value is -0.790. The molecule has 0 aliphatic rings. The van der Waals surface area contributed by atoms with Crippen LogP contribution in [0.5, 0.6) is 0 Å². The van der Waals surface area contributed by atoms with E-state index in [-0.39, 0.29) is 0 Å². The van der Waals surface area contributed by atoms with E-state index < -0.39 is 0 Å². The maximum Gasteiger partial charge on any atom is 0.0974 e. The second-order valence-electron chi connectivity index (χ2n) is 2.08. The molecule has 0 bridgehead atoms. The summed E-state index contributed by atoms with van der Waals surface area (Å²) < 4.78 is 5.22. The van der Waals surface area contributed by atoms with Crippen molar-refractivity contribution in [1.29, 1.82) is 5.41 Å². The number of hydrogen-bond donors (Lipinski definition) is 1. The van der Waals surface area contributed by atoms with Crippen LogP contribution in [0.1, 0.15) is 27.2 Å². The van der Waals surface area contributed by atoms with Gasteiger partial charge in [0.25, 0.3) is 0 Å². The first-order valence-electron chi connectivity index (χ1n) is 3.59. The first-order valence-corrected chi connectivity index (χ1v) is 3.59. The Morgan fingerprint density at radius 1 is 1.50 bits per heavy atom. The summed E-state index contributed by atoms with van der Waals surface area (Å²) in [5, 5.41) is 7.15. The lowest BCUT2D eigenvalue weighted by Gasteiger charge is -2.04. The summed E-state index contributed by atoms with van der Waals surface area (Å²) in [4.78, 5) is 0. The second-order valence-corrected chi connectivity index (χ2v) is 2.08. The molecule has 2 heteroatoms. The normalized spacial score (nSPS) is 11.3. The molecule has 0 aliphatic heterocycles. The van der Waals surface area contributed by atoms with E-state index in [1.807, 2.05) is 13.8 Å². The summed E-state index contributed by atoms with van der Waals surface area (Å²) in [6, 6.07) is 0. The highest BCUT2D eigenvalue weighted by molar-refractivity contribution is 5.90. The summed E-state index contributed by atoms with van der Waals surface area (Å²) in [5.41, 5.74) is 0.547. The van der Waals surface area contributed by atoms with Gasteiger partial charge in [0.1, 0.15) is 0 Å². The largest absolute Gasteiger partial charge is 0.498 e. The van der Waals surface area contributed by atoms with Crippen molar-refractivity contribution in [2.24, 2.45) is 0 Å². The van der Waals surface area contributed by atoms with E-state index in [0.29, 0.717) is 12.3 Å². The van der Waals surface area contributed by atoms with Gasteiger partial charge < -0.3 is 10.1 Å². The molecule has 0 amide bonds. The maximum absolute atomic E-state index is 7.15. The molecule has 0 radical (unpaired) electrons. The first kappa shape index (κ1) is 9.21. The minimum Gasteiger partial charge on any atom is -0.498 e. The van der Waals surface area contributed by atoms with Crippen LogP contribution in [0.25, 0.3) is 0 Å². The molecular formula is C8H15NO. The van der Waals surface area contributed by atoms with Crippen LogP contribution in [0.15, 0.2) is 11.8 Å². The van der Waals surface area contributed by atoms with Crippen LogP contribution < -0.4 is 0 Å². The molecular weight excluding hydrogens is 126 g/mol. The molecule has 0 aliphatic carbocycles. The standard InChI is InChI=1S/C8H15NO/c1-4-8(10-5-2)6-7(3)9/h6,9H,4-5H2,1-3H3/b8-6+,9-7?. The topological polar surface area (TPSA) is 33.1 Å². The van der Waals surface area contributed by atoms with E-state index in [9.17, 15) is 0 Å². The molecule has 0 aromatic heterocycles. The van der Waals surface area contributed by atoms with Crippen LogP contribution in [0.3, 0.4) is 0 Å². The van der Waals surface area contributed by atoms with Gasteiger partial charge in [-0.05, 0) is 19.9 Å². The Bertz CT molecular complexity index is 138. The summed E-state index contributed by atoms with van der Waals surface area (Å²) >= 11 is 0. The Kier molecular flexibility index (Phi) is 4.63. The predicted molar refractivity (Wildman–Crippen MR) is 43.4 cm³/mol. The fourth-order valence-corrected chi connectivity index (χ4v) is 0.673. The van der Waals surface area contributed by atoms with Crippen molar-refractivity contribution in [3.8, 4) is 0 Å². The van der Waals surface area contributed by atoms with Gasteiger partial charge in [0.2, 0.25) is 0 Å². The molecule has 0 unspecified atom stereocenters. The van der Waals surface area contributed by atoms with Gasteiger partial charge in [-0.1, -0.05) is 6.92 Å². The lowest BCUT2D eigenvalue weighted by molar-refractivity contribution is 0.221. The third-order valence-corrected chi connectivity index (χ3v) is 1.06. The number of hydrogen-bond acceptors (Lipinski definition) is 2. The predicted octanol–water partition coefficient (Wildman–Crippen LogP) is 2.36. The molecule has 2 nitrogen and oxygen atoms in total. The Morgan fingerprint density at radius 2 is 2.10 bits per heavy atom. The Labute approximate surface area is 62.4 Å². The van der Waals surface area contributed by atoms with Crippen LogP contribution in [0, 0.1) is 5.41 Å². The molecule has 0 spiro atoms. The highest BCUT2D eigenvalue weighted by Gasteiger charge is 1.91. The zero-order valence-corrected chi connectivity index (χ0v) is 6.90. The molecule has 0 aromatic carbocycles. The molecule has 0 rings (SSSR count). The van der Waals surface area contributed by atoms with E-state index in [4.69, 9.17) is 10.1 Å². The van der Waals surface area contributed by atoms with Crippen molar-refractivity contribution < 1.29 is 4.74 Å². The molecule has 0 fully saturated rings. The van der Waals surface area contributed by atoms with Crippen LogP contribution >= 0.6 is 0 Å². The number of rotatable bonds is 4. The van der Waals surface area contributed by atoms with Gasteiger partial charge in [0.05, 0.1) is 12.4 Å². The summed E-state index contributed by atoms with van der Waals surface area (Å²) in [6.07, 6.45) is 2.62. The molecule has 0 atom stereocenters. The lowest BCUT2D eigenvalue weighted by Crippen LogP contribution is -1.93. The lowest BCUT2D eigenvalue weighted by atomic mass is 10.3. The van der Waals surface area contributed by atoms with Crippen molar-refractivity contribution >= 4 is 5.71 Å². The van der Waals surface area contributed by atoms with Crippen LogP contribution in [-0.2, 0) is 4.74 Å². The zero-order chi connectivity index (χ0) is 7.98. The average molecular weight is 141 g/mol. The maximum atomic E-state index is 7.15. The van der Waals surface area contributed by atoms with Gasteiger partial charge in [0, 0.05) is 12.1 Å². The third kappa shape index (κ3) is 4.13. The highest BCUT2D eigenvalue weighted by atomic mass is 16.5. The van der Waals surface area contributed by atoms with Crippen LogP contribution in [0.4, 0.5) is 0 Å². The fraction of sp³-hybridized carbons (Fsp3) is 0.625. The van der Waals surface area contributed by atoms with Gasteiger partial charge >= 0.3 is 0 Å². The molecule has 10 heavy (non-hydrogen) atoms. The van der Waals surface area contributed by atoms with E-state index in [2.05, 4.69) is 0 Å². The minimum absolute atomic E-state index is 0.547. The Morgan fingerprint density at radius 3 is 2.40 bits per heavy atom. The summed E-state index contributed by atoms with van der Waals surface area (Å²) in [5.74, 6) is 0.898. The molecule has 0 aromatic rings. The van der Waals surface area contributed by atoms with Crippen molar-refractivity contribution in [2.75, 3.05) is 6.61 Å². The van der Waals surface area contributed by atoms with Crippen molar-refractivity contribution in [3.05, 3.63) is 11.8 Å². The van der Waals surface area contributed by atoms with Gasteiger partial charge in [0.15, 0.2) is 0 Å². The fourth-order valence-electron chi connectivity index (χ4n) is 0.673. The molecule has 0 saturated carbocycles. The molecule has 1 N–H and O–H groups in total. The summed E-state index contributed by atoms with van der Waals surface area (Å²) in [6.45, 7) is 6.40. The Balaban J connectivity index is 3.91. The highest BCUT2D eigenvalue weighted by Crippen LogP contribution is 2.01. The average Bonchev–Trinajstić information content (AvgIpc) is 1.86. The SMILES string of the molecule is CCO/C(=C/C(C)=N)CC. The monoisotopic (exact) mass is 141 g/mol. The van der Waals surface area contributed by atoms with Crippen molar-refractivity contribution in [3.63, 3.8) is 0 Å². The van der Waals surface area contributed by atoms with Gasteiger partial charge in [-0.2, -0.15) is 0 Å². The summed E-state index contributed by atoms with van der Waals surface area (Å²) in [7, 11) is 0. The van der Waals surface area contributed by atoms with Crippen LogP contribution in [0.2, 0.25) is 0 Å². The van der Waals surface area contributed by atoms with Crippen molar-refractivity contribution in [2.45, 2.75) is 27.2 Å². The third-order valence-electron chi connectivity index (χ3n) is 1.06. The van der Waals surface area contributed by atoms with E-state index in [1.54, 1.807) is 13.0 Å². The van der Waals surface area contributed by atoms with E-state index in [1.165, 1.54) is 0 Å². The number of ether oxygens (including phenoxy) is 1. The van der Waals surface area contributed by atoms with E-state index >= 15 is 0 Å². The smallest absolute Gasteiger partial charge is 0.0974 e. The molecule has 0 heterocycles. The first-order chi connectivity index (χ1) is 4.70. The van der Waals surface area contributed by atoms with E-state index in [0.717, 1.165) is 12.2 Å². The molecule has 0 saturated heterocycles.